The van der Waals surface area contributed by atoms with Gasteiger partial charge in [-0.2, -0.15) is 0 Å². The highest BCUT2D eigenvalue weighted by atomic mass is 19.1. The molecule has 27 heavy (non-hydrogen) atoms. The summed E-state index contributed by atoms with van der Waals surface area (Å²) in [4.78, 5) is 4.89. The van der Waals surface area contributed by atoms with Gasteiger partial charge in [-0.1, -0.05) is 49.9 Å². The number of hydrogen-bond acceptors (Lipinski definition) is 1. The van der Waals surface area contributed by atoms with Gasteiger partial charge in [-0.25, -0.2) is 4.39 Å². The standard InChI is InChI=1S/C25H34FN/c1-3-20(23-18-19(2)14-17-24(23)26)10-6-4-5-7-12-22-16-15-21-11-8-9-13-25(21)27-22/h14-18,20H,3-13H2,1-2H3. The van der Waals surface area contributed by atoms with Gasteiger partial charge in [0.25, 0.3) is 0 Å². The van der Waals surface area contributed by atoms with Crippen LogP contribution in [-0.2, 0) is 19.3 Å². The zero-order valence-corrected chi connectivity index (χ0v) is 17.1. The Hall–Kier alpha value is -1.70. The molecule has 0 radical (unpaired) electrons. The molecule has 0 amide bonds. The summed E-state index contributed by atoms with van der Waals surface area (Å²) in [6, 6.07) is 10.1. The Morgan fingerprint density at radius 3 is 2.67 bits per heavy atom. The maximum absolute atomic E-state index is 14.1. The smallest absolute Gasteiger partial charge is 0.126 e. The average molecular weight is 368 g/mol. The molecule has 1 aliphatic carbocycles. The number of fused-ring (bicyclic) bond motifs is 1. The number of rotatable bonds is 9. The number of unbranched alkanes of at least 4 members (excludes halogenated alkanes) is 3. The molecule has 1 aromatic carbocycles. The minimum absolute atomic E-state index is 0.0362. The highest BCUT2D eigenvalue weighted by Gasteiger charge is 2.14. The molecule has 0 fully saturated rings. The lowest BCUT2D eigenvalue weighted by Crippen LogP contribution is -2.07. The molecule has 0 aliphatic heterocycles. The Kier molecular flexibility index (Phi) is 7.43. The molecule has 3 rings (SSSR count). The molecule has 0 saturated heterocycles. The van der Waals surface area contributed by atoms with Crippen molar-refractivity contribution in [2.24, 2.45) is 0 Å². The van der Waals surface area contributed by atoms with Gasteiger partial charge in [-0.3, -0.25) is 4.98 Å². The summed E-state index contributed by atoms with van der Waals surface area (Å²) >= 11 is 0. The maximum Gasteiger partial charge on any atom is 0.126 e. The van der Waals surface area contributed by atoms with Crippen molar-refractivity contribution in [3.63, 3.8) is 0 Å². The van der Waals surface area contributed by atoms with Crippen molar-refractivity contribution in [2.45, 2.75) is 90.4 Å². The Labute approximate surface area is 164 Å². The van der Waals surface area contributed by atoms with Crippen LogP contribution < -0.4 is 0 Å². The summed E-state index contributed by atoms with van der Waals surface area (Å²) in [6.07, 6.45) is 13.1. The molecule has 0 spiro atoms. The van der Waals surface area contributed by atoms with E-state index >= 15 is 0 Å². The third-order valence-corrected chi connectivity index (χ3v) is 6.06. The van der Waals surface area contributed by atoms with E-state index in [-0.39, 0.29) is 5.82 Å². The molecule has 2 heteroatoms. The summed E-state index contributed by atoms with van der Waals surface area (Å²) in [7, 11) is 0. The number of aryl methyl sites for hydroxylation is 4. The predicted octanol–water partition coefficient (Wildman–Crippen LogP) is 7.09. The molecule has 146 valence electrons. The monoisotopic (exact) mass is 367 g/mol. The fraction of sp³-hybridized carbons (Fsp3) is 0.560. The number of nitrogens with zero attached hydrogens (tertiary/aromatic N) is 1. The Balaban J connectivity index is 1.39. The van der Waals surface area contributed by atoms with E-state index < -0.39 is 0 Å². The third kappa shape index (κ3) is 5.64. The molecular weight excluding hydrogens is 333 g/mol. The van der Waals surface area contributed by atoms with Crippen LogP contribution in [0.5, 0.6) is 0 Å². The molecule has 1 unspecified atom stereocenters. The minimum atomic E-state index is -0.0362. The van der Waals surface area contributed by atoms with Crippen LogP contribution >= 0.6 is 0 Å². The van der Waals surface area contributed by atoms with E-state index in [0.29, 0.717) is 5.92 Å². The van der Waals surface area contributed by atoms with Gasteiger partial charge in [0.05, 0.1) is 0 Å². The molecule has 1 aliphatic rings. The van der Waals surface area contributed by atoms with Crippen molar-refractivity contribution >= 4 is 0 Å². The van der Waals surface area contributed by atoms with E-state index in [4.69, 9.17) is 4.98 Å². The first kappa shape index (κ1) is 20.0. The topological polar surface area (TPSA) is 12.9 Å². The van der Waals surface area contributed by atoms with Gasteiger partial charge in [0, 0.05) is 11.4 Å². The largest absolute Gasteiger partial charge is 0.258 e. The Morgan fingerprint density at radius 2 is 1.81 bits per heavy atom. The van der Waals surface area contributed by atoms with E-state index in [9.17, 15) is 4.39 Å². The third-order valence-electron chi connectivity index (χ3n) is 6.06. The van der Waals surface area contributed by atoms with Crippen LogP contribution in [0.2, 0.25) is 0 Å². The van der Waals surface area contributed by atoms with E-state index in [1.165, 1.54) is 61.9 Å². The number of pyridine rings is 1. The molecule has 0 bridgehead atoms. The molecule has 1 nitrogen and oxygen atoms in total. The predicted molar refractivity (Wildman–Crippen MR) is 112 cm³/mol. The Morgan fingerprint density at radius 1 is 1.00 bits per heavy atom. The fourth-order valence-corrected chi connectivity index (χ4v) is 4.37. The second-order valence-corrected chi connectivity index (χ2v) is 8.20. The van der Waals surface area contributed by atoms with Crippen LogP contribution in [0.15, 0.2) is 30.3 Å². The van der Waals surface area contributed by atoms with Gasteiger partial charge < -0.3 is 0 Å². The first-order chi connectivity index (χ1) is 13.2. The van der Waals surface area contributed by atoms with Crippen LogP contribution in [0.25, 0.3) is 0 Å². The number of halogens is 1. The molecule has 1 aromatic heterocycles. The molecule has 1 atom stereocenters. The van der Waals surface area contributed by atoms with Crippen LogP contribution in [0.4, 0.5) is 4.39 Å². The van der Waals surface area contributed by atoms with Gasteiger partial charge in [-0.05, 0) is 87.5 Å². The maximum atomic E-state index is 14.1. The first-order valence-corrected chi connectivity index (χ1v) is 10.9. The van der Waals surface area contributed by atoms with E-state index in [1.807, 2.05) is 19.1 Å². The molecule has 2 aromatic rings. The van der Waals surface area contributed by atoms with Crippen LogP contribution in [0, 0.1) is 12.7 Å². The lowest BCUT2D eigenvalue weighted by atomic mass is 9.89. The summed E-state index contributed by atoms with van der Waals surface area (Å²) in [6.45, 7) is 4.22. The van der Waals surface area contributed by atoms with Crippen molar-refractivity contribution in [2.75, 3.05) is 0 Å². The minimum Gasteiger partial charge on any atom is -0.258 e. The Bertz CT molecular complexity index is 737. The zero-order chi connectivity index (χ0) is 19.1. The van der Waals surface area contributed by atoms with Crippen molar-refractivity contribution in [3.8, 4) is 0 Å². The molecular formula is C25H34FN. The van der Waals surface area contributed by atoms with Crippen molar-refractivity contribution in [1.29, 1.82) is 0 Å². The van der Waals surface area contributed by atoms with Crippen molar-refractivity contribution in [1.82, 2.24) is 4.98 Å². The summed E-state index contributed by atoms with van der Waals surface area (Å²) < 4.78 is 14.1. The fourth-order valence-electron chi connectivity index (χ4n) is 4.37. The highest BCUT2D eigenvalue weighted by molar-refractivity contribution is 5.27. The van der Waals surface area contributed by atoms with Gasteiger partial charge in [0.15, 0.2) is 0 Å². The summed E-state index contributed by atoms with van der Waals surface area (Å²) in [5, 5.41) is 0. The second-order valence-electron chi connectivity index (χ2n) is 8.20. The molecule has 1 heterocycles. The van der Waals surface area contributed by atoms with Gasteiger partial charge >= 0.3 is 0 Å². The number of hydrogen-bond donors (Lipinski definition) is 0. The van der Waals surface area contributed by atoms with Crippen LogP contribution in [0.1, 0.15) is 92.3 Å². The highest BCUT2D eigenvalue weighted by Crippen LogP contribution is 2.29. The first-order valence-electron chi connectivity index (χ1n) is 10.9. The van der Waals surface area contributed by atoms with E-state index in [2.05, 4.69) is 19.1 Å². The lowest BCUT2D eigenvalue weighted by Gasteiger charge is -2.17. The molecule has 0 saturated carbocycles. The van der Waals surface area contributed by atoms with Crippen molar-refractivity contribution < 1.29 is 4.39 Å². The van der Waals surface area contributed by atoms with Gasteiger partial charge in [0.1, 0.15) is 5.82 Å². The number of aromatic nitrogens is 1. The van der Waals surface area contributed by atoms with Gasteiger partial charge in [-0.15, -0.1) is 0 Å². The summed E-state index contributed by atoms with van der Waals surface area (Å²) in [5.74, 6) is 0.318. The zero-order valence-electron chi connectivity index (χ0n) is 17.1. The normalized spacial score (nSPS) is 14.8. The SMILES string of the molecule is CCC(CCCCCCc1ccc2c(n1)CCCC2)c1cc(C)ccc1F. The lowest BCUT2D eigenvalue weighted by molar-refractivity contribution is 0.509. The van der Waals surface area contributed by atoms with E-state index in [0.717, 1.165) is 36.8 Å². The second kappa shape index (κ2) is 10.0. The van der Waals surface area contributed by atoms with Crippen LogP contribution in [-0.4, -0.2) is 4.98 Å². The number of benzene rings is 1. The van der Waals surface area contributed by atoms with Gasteiger partial charge in [0.2, 0.25) is 0 Å². The quantitative estimate of drug-likeness (QED) is 0.431. The molecule has 0 N–H and O–H groups in total. The van der Waals surface area contributed by atoms with Crippen molar-refractivity contribution in [3.05, 3.63) is 64.2 Å². The van der Waals surface area contributed by atoms with E-state index in [1.54, 1.807) is 6.07 Å². The summed E-state index contributed by atoms with van der Waals surface area (Å²) in [5.41, 5.74) is 6.16. The average Bonchev–Trinajstić information content (AvgIpc) is 2.69. The van der Waals surface area contributed by atoms with Crippen LogP contribution in [0.3, 0.4) is 0 Å².